The van der Waals surface area contributed by atoms with E-state index in [1.165, 1.54) is 12.3 Å². The van der Waals surface area contributed by atoms with Gasteiger partial charge in [0.2, 0.25) is 0 Å². The molecule has 2 bridgehead atoms. The third-order valence-corrected chi connectivity index (χ3v) is 5.11. The van der Waals surface area contributed by atoms with Crippen molar-refractivity contribution in [2.75, 3.05) is 13.1 Å². The first-order valence-electron chi connectivity index (χ1n) is 8.32. The SMILES string of the molecule is CC1(C)NOC2(CCCN3CC2n2cc(C(N)=O)c(=O)cc2C3=O)N1. The number of rotatable bonds is 1. The second-order valence-corrected chi connectivity index (χ2v) is 7.42. The summed E-state index contributed by atoms with van der Waals surface area (Å²) >= 11 is 0. The van der Waals surface area contributed by atoms with Crippen LogP contribution in [0.25, 0.3) is 0 Å². The van der Waals surface area contributed by atoms with Crippen LogP contribution in [0, 0.1) is 0 Å². The quantitative estimate of drug-likeness (QED) is 0.618. The molecular formula is C16H21N5O4. The van der Waals surface area contributed by atoms with Crippen molar-refractivity contribution in [3.05, 3.63) is 33.7 Å². The summed E-state index contributed by atoms with van der Waals surface area (Å²) in [5.74, 6) is -1.02. The molecule has 25 heavy (non-hydrogen) atoms. The topological polar surface area (TPSA) is 119 Å². The molecule has 3 aliphatic heterocycles. The molecule has 4 N–H and O–H groups in total. The lowest BCUT2D eigenvalue weighted by Gasteiger charge is -2.41. The minimum Gasteiger partial charge on any atom is -0.365 e. The standard InChI is InChI=1S/C16H21N5O4/c1-15(2)18-16(25-19-15)4-3-5-20-8-12(16)21-7-9(13(17)23)11(22)6-10(21)14(20)24/h6-7,12,18-19H,3-5,8H2,1-2H3,(H2,17,23). The van der Waals surface area contributed by atoms with Crippen molar-refractivity contribution in [1.29, 1.82) is 0 Å². The maximum absolute atomic E-state index is 12.7. The lowest BCUT2D eigenvalue weighted by molar-refractivity contribution is -0.104. The number of hydrogen-bond donors (Lipinski definition) is 3. The van der Waals surface area contributed by atoms with Crippen molar-refractivity contribution < 1.29 is 14.4 Å². The molecule has 1 spiro atoms. The molecule has 3 aliphatic rings. The molecule has 2 amide bonds. The zero-order valence-electron chi connectivity index (χ0n) is 14.2. The van der Waals surface area contributed by atoms with Crippen molar-refractivity contribution in [3.63, 3.8) is 0 Å². The number of nitrogens with two attached hydrogens (primary N) is 1. The molecule has 134 valence electrons. The Labute approximate surface area is 144 Å². The van der Waals surface area contributed by atoms with Crippen LogP contribution in [0.1, 0.15) is 53.6 Å². The monoisotopic (exact) mass is 347 g/mol. The highest BCUT2D eigenvalue weighted by Crippen LogP contribution is 2.40. The molecule has 2 unspecified atom stereocenters. The number of aromatic nitrogens is 1. The molecule has 0 aliphatic carbocycles. The Morgan fingerprint density at radius 2 is 2.16 bits per heavy atom. The first-order chi connectivity index (χ1) is 11.7. The maximum atomic E-state index is 12.7. The lowest BCUT2D eigenvalue weighted by Crippen LogP contribution is -2.58. The van der Waals surface area contributed by atoms with Crippen LogP contribution in [-0.2, 0) is 4.84 Å². The zero-order valence-corrected chi connectivity index (χ0v) is 14.2. The van der Waals surface area contributed by atoms with E-state index in [2.05, 4.69) is 10.8 Å². The number of nitrogens with one attached hydrogen (secondary N) is 2. The predicted molar refractivity (Wildman–Crippen MR) is 87.6 cm³/mol. The van der Waals surface area contributed by atoms with Crippen molar-refractivity contribution in [2.45, 2.75) is 44.1 Å². The van der Waals surface area contributed by atoms with E-state index in [9.17, 15) is 14.4 Å². The van der Waals surface area contributed by atoms with Gasteiger partial charge in [0.05, 0.1) is 11.7 Å². The van der Waals surface area contributed by atoms with Crippen molar-refractivity contribution in [2.24, 2.45) is 5.73 Å². The summed E-state index contributed by atoms with van der Waals surface area (Å²) in [5, 5.41) is 3.47. The maximum Gasteiger partial charge on any atom is 0.270 e. The van der Waals surface area contributed by atoms with Crippen LogP contribution in [0.3, 0.4) is 0 Å². The largest absolute Gasteiger partial charge is 0.365 e. The second kappa shape index (κ2) is 5.13. The number of carbonyl (C=O) groups is 2. The summed E-state index contributed by atoms with van der Waals surface area (Å²) in [6.45, 7) is 4.94. The summed E-state index contributed by atoms with van der Waals surface area (Å²) in [4.78, 5) is 44.2. The van der Waals surface area contributed by atoms with E-state index in [0.717, 1.165) is 6.42 Å². The van der Waals surface area contributed by atoms with Crippen LogP contribution < -0.4 is 22.0 Å². The van der Waals surface area contributed by atoms with E-state index in [0.29, 0.717) is 19.5 Å². The van der Waals surface area contributed by atoms with Crippen LogP contribution in [0.2, 0.25) is 0 Å². The first-order valence-corrected chi connectivity index (χ1v) is 8.32. The van der Waals surface area contributed by atoms with Gasteiger partial charge in [-0.25, -0.2) is 0 Å². The van der Waals surface area contributed by atoms with Crippen molar-refractivity contribution in [1.82, 2.24) is 20.3 Å². The third kappa shape index (κ3) is 2.38. The fourth-order valence-electron chi connectivity index (χ4n) is 4.03. The number of pyridine rings is 1. The Bertz CT molecular complexity index is 832. The van der Waals surface area contributed by atoms with Gasteiger partial charge in [0.1, 0.15) is 11.3 Å². The highest BCUT2D eigenvalue weighted by molar-refractivity contribution is 5.96. The third-order valence-electron chi connectivity index (χ3n) is 5.11. The van der Waals surface area contributed by atoms with Crippen LogP contribution in [-0.4, -0.2) is 45.8 Å². The Balaban J connectivity index is 1.91. The van der Waals surface area contributed by atoms with Gasteiger partial charge in [-0.05, 0) is 26.7 Å². The molecule has 0 saturated carbocycles. The molecule has 2 saturated heterocycles. The fraction of sp³-hybridized carbons (Fsp3) is 0.562. The van der Waals surface area contributed by atoms with E-state index >= 15 is 0 Å². The molecule has 2 fully saturated rings. The van der Waals surface area contributed by atoms with E-state index in [-0.39, 0.29) is 23.2 Å². The Kier molecular flexibility index (Phi) is 3.34. The normalized spacial score (nSPS) is 30.2. The van der Waals surface area contributed by atoms with E-state index in [1.54, 1.807) is 9.47 Å². The Hall–Kier alpha value is -2.23. The van der Waals surface area contributed by atoms with Gasteiger partial charge >= 0.3 is 0 Å². The van der Waals surface area contributed by atoms with Gasteiger partial charge in [-0.1, -0.05) is 0 Å². The number of amides is 2. The number of carbonyl (C=O) groups excluding carboxylic acids is 2. The molecule has 4 heterocycles. The van der Waals surface area contributed by atoms with Crippen LogP contribution >= 0.6 is 0 Å². The Morgan fingerprint density at radius 3 is 2.80 bits per heavy atom. The number of primary amides is 1. The molecular weight excluding hydrogens is 326 g/mol. The molecule has 1 aromatic rings. The summed E-state index contributed by atoms with van der Waals surface area (Å²) in [6.07, 6.45) is 2.83. The number of nitrogens with zero attached hydrogens (tertiary/aromatic N) is 2. The highest BCUT2D eigenvalue weighted by atomic mass is 16.7. The molecule has 9 nitrogen and oxygen atoms in total. The second-order valence-electron chi connectivity index (χ2n) is 7.42. The van der Waals surface area contributed by atoms with Gasteiger partial charge in [0, 0.05) is 25.4 Å². The first kappa shape index (κ1) is 16.2. The average Bonchev–Trinajstić information content (AvgIpc) is 2.75. The lowest BCUT2D eigenvalue weighted by atomic mass is 9.95. The molecule has 0 radical (unpaired) electrons. The highest BCUT2D eigenvalue weighted by Gasteiger charge is 2.54. The summed E-state index contributed by atoms with van der Waals surface area (Å²) in [5.41, 5.74) is 6.71. The van der Waals surface area contributed by atoms with E-state index < -0.39 is 22.7 Å². The van der Waals surface area contributed by atoms with Gasteiger partial charge in [-0.3, -0.25) is 24.5 Å². The summed E-state index contributed by atoms with van der Waals surface area (Å²) in [6, 6.07) is 0.907. The van der Waals surface area contributed by atoms with Crippen LogP contribution in [0.4, 0.5) is 0 Å². The Morgan fingerprint density at radius 1 is 1.40 bits per heavy atom. The molecule has 1 aromatic heterocycles. The molecule has 4 rings (SSSR count). The van der Waals surface area contributed by atoms with Crippen LogP contribution in [0.15, 0.2) is 17.1 Å². The van der Waals surface area contributed by atoms with Gasteiger partial charge in [-0.2, -0.15) is 5.48 Å². The van der Waals surface area contributed by atoms with Gasteiger partial charge in [-0.15, -0.1) is 0 Å². The van der Waals surface area contributed by atoms with Crippen molar-refractivity contribution in [3.8, 4) is 0 Å². The average molecular weight is 347 g/mol. The number of hydrogen-bond acceptors (Lipinski definition) is 6. The fourth-order valence-corrected chi connectivity index (χ4v) is 4.03. The summed E-state index contributed by atoms with van der Waals surface area (Å²) < 4.78 is 1.67. The zero-order chi connectivity index (χ0) is 18.0. The summed E-state index contributed by atoms with van der Waals surface area (Å²) in [7, 11) is 0. The van der Waals surface area contributed by atoms with Gasteiger partial charge in [0.15, 0.2) is 11.2 Å². The van der Waals surface area contributed by atoms with Gasteiger partial charge in [0.25, 0.3) is 11.8 Å². The van der Waals surface area contributed by atoms with Crippen molar-refractivity contribution >= 4 is 11.8 Å². The van der Waals surface area contributed by atoms with Crippen LogP contribution in [0.5, 0.6) is 0 Å². The van der Waals surface area contributed by atoms with E-state index in [4.69, 9.17) is 10.6 Å². The van der Waals surface area contributed by atoms with E-state index in [1.807, 2.05) is 13.8 Å². The minimum absolute atomic E-state index is 0.130. The molecule has 2 atom stereocenters. The number of fused-ring (bicyclic) bond motifs is 5. The minimum atomic E-state index is -0.809. The van der Waals surface area contributed by atoms with Gasteiger partial charge < -0.3 is 15.2 Å². The smallest absolute Gasteiger partial charge is 0.270 e. The predicted octanol–water partition coefficient (Wildman–Crippen LogP) is -0.705. The number of hydroxylamine groups is 1. The molecule has 9 heteroatoms. The molecule has 0 aromatic carbocycles.